The maximum atomic E-state index is 12.6. The van der Waals surface area contributed by atoms with Gasteiger partial charge in [-0.25, -0.2) is 0 Å². The van der Waals surface area contributed by atoms with Crippen LogP contribution in [0.5, 0.6) is 11.5 Å². The molecule has 0 fully saturated rings. The lowest BCUT2D eigenvalue weighted by Gasteiger charge is -2.15. The fourth-order valence-corrected chi connectivity index (χ4v) is 2.61. The van der Waals surface area contributed by atoms with Crippen LogP contribution in [0.25, 0.3) is 0 Å². The largest absolute Gasteiger partial charge is 0.497 e. The summed E-state index contributed by atoms with van der Waals surface area (Å²) >= 11 is 0. The Morgan fingerprint density at radius 3 is 2.61 bits per heavy atom. The number of aliphatic imine (C=N–C) groups is 1. The third-order valence-electron chi connectivity index (χ3n) is 3.94. The molecule has 0 unspecified atom stereocenters. The Kier molecular flexibility index (Phi) is 10.6. The summed E-state index contributed by atoms with van der Waals surface area (Å²) in [6.07, 6.45) is 0.794. The van der Waals surface area contributed by atoms with Crippen LogP contribution in [0.15, 0.2) is 47.5 Å². The molecule has 0 aromatic heterocycles. The molecule has 8 heteroatoms. The number of rotatable bonds is 8. The van der Waals surface area contributed by atoms with Gasteiger partial charge in [0.25, 0.3) is 0 Å². The van der Waals surface area contributed by atoms with Crippen LogP contribution in [0.2, 0.25) is 0 Å². The molecule has 5 nitrogen and oxygen atoms in total. The van der Waals surface area contributed by atoms with E-state index in [9.17, 15) is 8.78 Å². The maximum Gasteiger partial charge on any atom is 0.387 e. The van der Waals surface area contributed by atoms with Crippen LogP contribution in [0.3, 0.4) is 0 Å². The van der Waals surface area contributed by atoms with E-state index in [1.165, 1.54) is 0 Å². The Morgan fingerprint density at radius 2 is 1.93 bits per heavy atom. The monoisotopic (exact) mass is 505 g/mol. The number of nitrogens with zero attached hydrogens (tertiary/aromatic N) is 1. The highest BCUT2D eigenvalue weighted by atomic mass is 127. The zero-order valence-electron chi connectivity index (χ0n) is 16.2. The van der Waals surface area contributed by atoms with E-state index >= 15 is 0 Å². The molecule has 0 atom stereocenters. The number of ether oxygens (including phenoxy) is 2. The minimum atomic E-state index is -2.85. The average Bonchev–Trinajstić information content (AvgIpc) is 2.66. The standard InChI is InChI=1S/C20H25F2N3O2.HI/c1-14-7-8-18(27-19(21)22)16(11-14)13-25-20(23-2)24-10-9-15-5-4-6-17(12-15)26-3;/h4-8,11-12,19H,9-10,13H2,1-3H3,(H2,23,24,25);1H. The summed E-state index contributed by atoms with van der Waals surface area (Å²) in [6, 6.07) is 13.0. The number of methoxy groups -OCH3 is 1. The molecule has 2 aromatic carbocycles. The van der Waals surface area contributed by atoms with Crippen LogP contribution in [0.4, 0.5) is 8.78 Å². The van der Waals surface area contributed by atoms with Gasteiger partial charge in [-0.2, -0.15) is 8.78 Å². The molecule has 0 saturated carbocycles. The van der Waals surface area contributed by atoms with Crippen LogP contribution in [-0.2, 0) is 13.0 Å². The number of guanidine groups is 1. The van der Waals surface area contributed by atoms with Crippen molar-refractivity contribution in [3.63, 3.8) is 0 Å². The van der Waals surface area contributed by atoms with Crippen LogP contribution in [-0.4, -0.2) is 33.3 Å². The van der Waals surface area contributed by atoms with Gasteiger partial charge in [-0.3, -0.25) is 4.99 Å². The van der Waals surface area contributed by atoms with Crippen LogP contribution in [0, 0.1) is 6.92 Å². The molecule has 0 radical (unpaired) electrons. The summed E-state index contributed by atoms with van der Waals surface area (Å²) in [6.45, 7) is 0.0345. The molecule has 2 N–H and O–H groups in total. The van der Waals surface area contributed by atoms with Gasteiger partial charge in [0.1, 0.15) is 11.5 Å². The first-order chi connectivity index (χ1) is 13.0. The van der Waals surface area contributed by atoms with Crippen LogP contribution < -0.4 is 20.1 Å². The SMILES string of the molecule is CN=C(NCCc1cccc(OC)c1)NCc1cc(C)ccc1OC(F)F.I. The van der Waals surface area contributed by atoms with E-state index in [-0.39, 0.29) is 29.7 Å². The fourth-order valence-electron chi connectivity index (χ4n) is 2.61. The van der Waals surface area contributed by atoms with Gasteiger partial charge in [0.15, 0.2) is 5.96 Å². The van der Waals surface area contributed by atoms with Gasteiger partial charge in [-0.1, -0.05) is 29.8 Å². The average molecular weight is 505 g/mol. The van der Waals surface area contributed by atoms with E-state index < -0.39 is 6.61 Å². The van der Waals surface area contributed by atoms with Gasteiger partial charge in [0.2, 0.25) is 0 Å². The lowest BCUT2D eigenvalue weighted by Crippen LogP contribution is -2.38. The topological polar surface area (TPSA) is 54.9 Å². The summed E-state index contributed by atoms with van der Waals surface area (Å²) in [4.78, 5) is 4.16. The minimum absolute atomic E-state index is 0. The number of hydrogen-bond acceptors (Lipinski definition) is 3. The van der Waals surface area contributed by atoms with E-state index in [1.807, 2.05) is 37.3 Å². The summed E-state index contributed by atoms with van der Waals surface area (Å²) in [5.41, 5.74) is 2.75. The van der Waals surface area contributed by atoms with Gasteiger partial charge in [0, 0.05) is 25.7 Å². The van der Waals surface area contributed by atoms with E-state index in [4.69, 9.17) is 4.74 Å². The second-order valence-corrected chi connectivity index (χ2v) is 5.94. The van der Waals surface area contributed by atoms with Crippen molar-refractivity contribution in [1.82, 2.24) is 10.6 Å². The molecule has 0 heterocycles. The zero-order chi connectivity index (χ0) is 19.6. The van der Waals surface area contributed by atoms with Crippen molar-refractivity contribution >= 4 is 29.9 Å². The van der Waals surface area contributed by atoms with Crippen molar-refractivity contribution in [3.05, 3.63) is 59.2 Å². The molecule has 28 heavy (non-hydrogen) atoms. The first kappa shape index (κ1) is 23.9. The summed E-state index contributed by atoms with van der Waals surface area (Å²) in [5.74, 6) is 1.57. The lowest BCUT2D eigenvalue weighted by atomic mass is 10.1. The predicted molar refractivity (Wildman–Crippen MR) is 118 cm³/mol. The number of alkyl halides is 2. The first-order valence-corrected chi connectivity index (χ1v) is 8.63. The van der Waals surface area contributed by atoms with Crippen molar-refractivity contribution in [1.29, 1.82) is 0 Å². The molecule has 0 aliphatic rings. The van der Waals surface area contributed by atoms with Crippen molar-refractivity contribution < 1.29 is 18.3 Å². The van der Waals surface area contributed by atoms with Gasteiger partial charge in [-0.15, -0.1) is 24.0 Å². The minimum Gasteiger partial charge on any atom is -0.497 e. The zero-order valence-corrected chi connectivity index (χ0v) is 18.5. The molecule has 0 bridgehead atoms. The Hall–Kier alpha value is -2.10. The van der Waals surface area contributed by atoms with Crippen LogP contribution in [0.1, 0.15) is 16.7 Å². The summed E-state index contributed by atoms with van der Waals surface area (Å²) in [5, 5.41) is 6.33. The Labute approximate surface area is 181 Å². The van der Waals surface area contributed by atoms with E-state index in [2.05, 4.69) is 20.4 Å². The third kappa shape index (κ3) is 7.87. The van der Waals surface area contributed by atoms with E-state index in [0.29, 0.717) is 24.6 Å². The van der Waals surface area contributed by atoms with E-state index in [0.717, 1.165) is 23.3 Å². The molecule has 2 aromatic rings. The van der Waals surface area contributed by atoms with Crippen molar-refractivity contribution in [2.75, 3.05) is 20.7 Å². The van der Waals surface area contributed by atoms with Gasteiger partial charge in [0.05, 0.1) is 7.11 Å². The van der Waals surface area contributed by atoms with Crippen molar-refractivity contribution in [2.45, 2.75) is 26.5 Å². The second kappa shape index (κ2) is 12.4. The van der Waals surface area contributed by atoms with Crippen LogP contribution >= 0.6 is 24.0 Å². The van der Waals surface area contributed by atoms with Gasteiger partial charge < -0.3 is 20.1 Å². The fraction of sp³-hybridized carbons (Fsp3) is 0.350. The number of hydrogen-bond donors (Lipinski definition) is 2. The number of benzene rings is 2. The number of nitrogens with one attached hydrogen (secondary N) is 2. The third-order valence-corrected chi connectivity index (χ3v) is 3.94. The summed E-state index contributed by atoms with van der Waals surface area (Å²) < 4.78 is 34.9. The molecule has 0 aliphatic carbocycles. The Balaban J connectivity index is 0.00000392. The highest BCUT2D eigenvalue weighted by Gasteiger charge is 2.10. The molecule has 0 amide bonds. The van der Waals surface area contributed by atoms with Crippen molar-refractivity contribution in [3.8, 4) is 11.5 Å². The van der Waals surface area contributed by atoms with E-state index in [1.54, 1.807) is 26.3 Å². The first-order valence-electron chi connectivity index (χ1n) is 8.63. The lowest BCUT2D eigenvalue weighted by molar-refractivity contribution is -0.0504. The predicted octanol–water partition coefficient (Wildman–Crippen LogP) is 4.13. The quantitative estimate of drug-likeness (QED) is 0.322. The Morgan fingerprint density at radius 1 is 1.14 bits per heavy atom. The molecule has 2 rings (SSSR count). The second-order valence-electron chi connectivity index (χ2n) is 5.94. The Bertz CT molecular complexity index is 773. The normalized spacial score (nSPS) is 11.0. The van der Waals surface area contributed by atoms with Crippen molar-refractivity contribution in [2.24, 2.45) is 4.99 Å². The highest BCUT2D eigenvalue weighted by molar-refractivity contribution is 14.0. The molecular weight excluding hydrogens is 479 g/mol. The number of halogens is 3. The molecule has 0 spiro atoms. The number of aryl methyl sites for hydroxylation is 1. The molecular formula is C20H26F2IN3O2. The summed E-state index contributed by atoms with van der Waals surface area (Å²) in [7, 11) is 3.30. The maximum absolute atomic E-state index is 12.6. The molecule has 0 aliphatic heterocycles. The molecule has 154 valence electrons. The van der Waals surface area contributed by atoms with Gasteiger partial charge >= 0.3 is 6.61 Å². The smallest absolute Gasteiger partial charge is 0.387 e. The molecule has 0 saturated heterocycles. The highest BCUT2D eigenvalue weighted by Crippen LogP contribution is 2.22. The van der Waals surface area contributed by atoms with Gasteiger partial charge in [-0.05, 0) is 37.1 Å².